The number of anilines is 1. The molecule has 0 amide bonds. The molecule has 0 aromatic heterocycles. The molecule has 0 atom stereocenters. The van der Waals surface area contributed by atoms with Gasteiger partial charge in [0, 0.05) is 17.3 Å². The smallest absolute Gasteiger partial charge is 0.193 e. The minimum absolute atomic E-state index is 0.440. The van der Waals surface area contributed by atoms with Crippen molar-refractivity contribution < 1.29 is 0 Å². The number of aryl methyl sites for hydroxylation is 1. The quantitative estimate of drug-likeness (QED) is 0.500. The van der Waals surface area contributed by atoms with Crippen molar-refractivity contribution in [1.29, 1.82) is 0 Å². The van der Waals surface area contributed by atoms with Gasteiger partial charge in [0.25, 0.3) is 0 Å². The van der Waals surface area contributed by atoms with Crippen LogP contribution in [0.1, 0.15) is 12.0 Å². The van der Waals surface area contributed by atoms with Crippen molar-refractivity contribution in [2.24, 2.45) is 10.7 Å². The van der Waals surface area contributed by atoms with E-state index >= 15 is 0 Å². The van der Waals surface area contributed by atoms with Crippen molar-refractivity contribution >= 4 is 23.2 Å². The van der Waals surface area contributed by atoms with E-state index in [9.17, 15) is 0 Å². The minimum Gasteiger partial charge on any atom is -0.370 e. The van der Waals surface area contributed by atoms with Gasteiger partial charge < -0.3 is 11.1 Å². The number of nitrogens with one attached hydrogen (secondary N) is 1. The number of nitrogens with two attached hydrogens (primary N) is 1. The van der Waals surface area contributed by atoms with Gasteiger partial charge in [0.15, 0.2) is 5.96 Å². The molecule has 0 aliphatic heterocycles. The van der Waals surface area contributed by atoms with Gasteiger partial charge in [-0.3, -0.25) is 4.99 Å². The molecule has 0 saturated heterocycles. The van der Waals surface area contributed by atoms with E-state index in [0.29, 0.717) is 12.5 Å². The molecule has 0 radical (unpaired) electrons. The zero-order chi connectivity index (χ0) is 14.2. The zero-order valence-electron chi connectivity index (χ0n) is 11.2. The second kappa shape index (κ2) is 7.56. The summed E-state index contributed by atoms with van der Waals surface area (Å²) in [5.41, 5.74) is 7.92. The normalized spacial score (nSPS) is 11.3. The first-order valence-corrected chi connectivity index (χ1v) is 6.99. The van der Waals surface area contributed by atoms with Crippen LogP contribution in [0.4, 0.5) is 5.69 Å². The maximum Gasteiger partial charge on any atom is 0.193 e. The van der Waals surface area contributed by atoms with E-state index in [1.807, 2.05) is 54.6 Å². The van der Waals surface area contributed by atoms with E-state index < -0.39 is 0 Å². The van der Waals surface area contributed by atoms with Crippen LogP contribution in [0.15, 0.2) is 59.6 Å². The van der Waals surface area contributed by atoms with Gasteiger partial charge in [-0.05, 0) is 36.6 Å². The first kappa shape index (κ1) is 14.4. The van der Waals surface area contributed by atoms with Crippen molar-refractivity contribution in [3.8, 4) is 0 Å². The van der Waals surface area contributed by atoms with Crippen molar-refractivity contribution in [3.63, 3.8) is 0 Å². The van der Waals surface area contributed by atoms with Crippen LogP contribution in [-0.2, 0) is 6.42 Å². The Morgan fingerprint density at radius 1 is 1.05 bits per heavy atom. The Balaban J connectivity index is 1.77. The molecular formula is C16H18ClN3. The van der Waals surface area contributed by atoms with E-state index in [1.165, 1.54) is 0 Å². The minimum atomic E-state index is 0.440. The molecule has 104 valence electrons. The number of rotatable bonds is 5. The summed E-state index contributed by atoms with van der Waals surface area (Å²) in [5.74, 6) is 0.440. The van der Waals surface area contributed by atoms with Crippen LogP contribution in [0, 0.1) is 0 Å². The van der Waals surface area contributed by atoms with Crippen molar-refractivity contribution in [2.45, 2.75) is 12.8 Å². The standard InChI is InChI=1S/C16H18ClN3/c17-15-11-5-4-7-13(15)8-6-12-19-16(18)20-14-9-2-1-3-10-14/h1-5,7,9-11H,6,8,12H2,(H3,18,19,20). The molecule has 0 aliphatic carbocycles. The van der Waals surface area contributed by atoms with Crippen LogP contribution >= 0.6 is 11.6 Å². The molecule has 2 aromatic carbocycles. The Morgan fingerprint density at radius 3 is 2.50 bits per heavy atom. The number of hydrogen-bond acceptors (Lipinski definition) is 1. The summed E-state index contributed by atoms with van der Waals surface area (Å²) in [7, 11) is 0. The summed E-state index contributed by atoms with van der Waals surface area (Å²) < 4.78 is 0. The average Bonchev–Trinajstić information content (AvgIpc) is 2.46. The Kier molecular flexibility index (Phi) is 5.44. The van der Waals surface area contributed by atoms with Crippen molar-refractivity contribution in [1.82, 2.24) is 0 Å². The zero-order valence-corrected chi connectivity index (χ0v) is 12.0. The van der Waals surface area contributed by atoms with Gasteiger partial charge in [0.1, 0.15) is 0 Å². The molecule has 0 saturated carbocycles. The predicted octanol–water partition coefficient (Wildman–Crippen LogP) is 3.70. The first-order chi connectivity index (χ1) is 9.75. The highest BCUT2D eigenvalue weighted by Gasteiger charge is 1.98. The van der Waals surface area contributed by atoms with Crippen LogP contribution < -0.4 is 11.1 Å². The van der Waals surface area contributed by atoms with Crippen LogP contribution in [0.2, 0.25) is 5.02 Å². The fourth-order valence-corrected chi connectivity index (χ4v) is 2.11. The van der Waals surface area contributed by atoms with Gasteiger partial charge >= 0.3 is 0 Å². The molecule has 0 fully saturated rings. The van der Waals surface area contributed by atoms with Gasteiger partial charge in [-0.25, -0.2) is 0 Å². The molecule has 0 unspecified atom stereocenters. The van der Waals surface area contributed by atoms with Crippen LogP contribution in [0.25, 0.3) is 0 Å². The van der Waals surface area contributed by atoms with Gasteiger partial charge in [0.2, 0.25) is 0 Å². The first-order valence-electron chi connectivity index (χ1n) is 6.61. The fraction of sp³-hybridized carbons (Fsp3) is 0.188. The van der Waals surface area contributed by atoms with E-state index in [-0.39, 0.29) is 0 Å². The lowest BCUT2D eigenvalue weighted by atomic mass is 10.1. The molecule has 4 heteroatoms. The number of hydrogen-bond donors (Lipinski definition) is 2. The van der Waals surface area contributed by atoms with E-state index in [0.717, 1.165) is 29.1 Å². The summed E-state index contributed by atoms with van der Waals surface area (Å²) in [6.45, 7) is 0.677. The lowest BCUT2D eigenvalue weighted by molar-refractivity contribution is 0.832. The molecule has 0 aliphatic rings. The monoisotopic (exact) mass is 287 g/mol. The topological polar surface area (TPSA) is 50.4 Å². The number of halogens is 1. The van der Waals surface area contributed by atoms with Crippen LogP contribution in [-0.4, -0.2) is 12.5 Å². The third kappa shape index (κ3) is 4.59. The second-order valence-electron chi connectivity index (χ2n) is 4.45. The number of para-hydroxylation sites is 1. The largest absolute Gasteiger partial charge is 0.370 e. The maximum atomic E-state index is 6.10. The SMILES string of the molecule is NC(=NCCCc1ccccc1Cl)Nc1ccccc1. The summed E-state index contributed by atoms with van der Waals surface area (Å²) in [5, 5.41) is 3.87. The Bertz CT molecular complexity index is 567. The van der Waals surface area contributed by atoms with Crippen molar-refractivity contribution in [3.05, 3.63) is 65.2 Å². The number of nitrogens with zero attached hydrogens (tertiary/aromatic N) is 1. The molecule has 2 aromatic rings. The summed E-state index contributed by atoms with van der Waals surface area (Å²) in [4.78, 5) is 4.30. The Labute approximate surface area is 124 Å². The highest BCUT2D eigenvalue weighted by atomic mass is 35.5. The second-order valence-corrected chi connectivity index (χ2v) is 4.86. The molecule has 3 N–H and O–H groups in total. The third-order valence-electron chi connectivity index (χ3n) is 2.89. The van der Waals surface area contributed by atoms with Crippen molar-refractivity contribution in [2.75, 3.05) is 11.9 Å². The third-order valence-corrected chi connectivity index (χ3v) is 3.26. The number of benzene rings is 2. The van der Waals surface area contributed by atoms with Gasteiger partial charge in [-0.15, -0.1) is 0 Å². The van der Waals surface area contributed by atoms with E-state index in [4.69, 9.17) is 17.3 Å². The Hall–Kier alpha value is -2.00. The summed E-state index contributed by atoms with van der Waals surface area (Å²) >= 11 is 6.10. The molecule has 0 bridgehead atoms. The number of aliphatic imine (C=N–C) groups is 1. The Morgan fingerprint density at radius 2 is 1.75 bits per heavy atom. The highest BCUT2D eigenvalue weighted by Crippen LogP contribution is 2.16. The van der Waals surface area contributed by atoms with Crippen LogP contribution in [0.3, 0.4) is 0 Å². The van der Waals surface area contributed by atoms with Gasteiger partial charge in [0.05, 0.1) is 0 Å². The highest BCUT2D eigenvalue weighted by molar-refractivity contribution is 6.31. The average molecular weight is 288 g/mol. The maximum absolute atomic E-state index is 6.10. The predicted molar refractivity (Wildman–Crippen MR) is 86.3 cm³/mol. The van der Waals surface area contributed by atoms with E-state index in [2.05, 4.69) is 10.3 Å². The summed E-state index contributed by atoms with van der Waals surface area (Å²) in [6.07, 6.45) is 1.82. The molecule has 3 nitrogen and oxygen atoms in total. The molecule has 0 spiro atoms. The molecule has 0 heterocycles. The lowest BCUT2D eigenvalue weighted by Crippen LogP contribution is -2.22. The van der Waals surface area contributed by atoms with E-state index in [1.54, 1.807) is 0 Å². The fourth-order valence-electron chi connectivity index (χ4n) is 1.88. The molecule has 20 heavy (non-hydrogen) atoms. The van der Waals surface area contributed by atoms with Gasteiger partial charge in [-0.1, -0.05) is 48.0 Å². The summed E-state index contributed by atoms with van der Waals surface area (Å²) in [6, 6.07) is 17.6. The lowest BCUT2D eigenvalue weighted by Gasteiger charge is -2.05. The molecular weight excluding hydrogens is 270 g/mol. The van der Waals surface area contributed by atoms with Crippen LogP contribution in [0.5, 0.6) is 0 Å². The molecule has 2 rings (SSSR count). The number of guanidine groups is 1. The van der Waals surface area contributed by atoms with Gasteiger partial charge in [-0.2, -0.15) is 0 Å².